The van der Waals surface area contributed by atoms with E-state index in [4.69, 9.17) is 5.11 Å². The maximum atomic E-state index is 13.8. The Balaban J connectivity index is 3.17. The molecule has 0 spiro atoms. The molecule has 1 atom stereocenters. The highest BCUT2D eigenvalue weighted by Crippen LogP contribution is 2.29. The van der Waals surface area contributed by atoms with Gasteiger partial charge in [0.25, 0.3) is 5.91 Å². The number of anilines is 1. The minimum atomic E-state index is -4.79. The minimum absolute atomic E-state index is 0.197. The molecule has 0 fully saturated rings. The van der Waals surface area contributed by atoms with Crippen LogP contribution in [0.2, 0.25) is 0 Å². The third-order valence-electron chi connectivity index (χ3n) is 2.92. The molecule has 24 heavy (non-hydrogen) atoms. The number of nitrogens with one attached hydrogen (secondary N) is 2. The topological polar surface area (TPSA) is 78.4 Å². The van der Waals surface area contributed by atoms with Crippen molar-refractivity contribution < 1.29 is 41.0 Å². The first-order valence-corrected chi connectivity index (χ1v) is 6.49. The maximum Gasteiger partial charge on any atom is 0.408 e. The van der Waals surface area contributed by atoms with Gasteiger partial charge in [-0.05, 0) is 6.42 Å². The Hall–Kier alpha value is -2.46. The van der Waals surface area contributed by atoms with Crippen LogP contribution in [-0.2, 0) is 4.79 Å². The summed E-state index contributed by atoms with van der Waals surface area (Å²) in [4.78, 5) is 21.8. The van der Waals surface area contributed by atoms with Crippen LogP contribution in [0.5, 0.6) is 0 Å². The molecule has 1 aromatic rings. The summed E-state index contributed by atoms with van der Waals surface area (Å²) < 4.78 is 79.3. The van der Waals surface area contributed by atoms with Gasteiger partial charge in [0.05, 0.1) is 5.69 Å². The van der Waals surface area contributed by atoms with E-state index in [1.54, 1.807) is 10.6 Å². The van der Waals surface area contributed by atoms with Crippen molar-refractivity contribution in [1.29, 1.82) is 0 Å². The lowest BCUT2D eigenvalue weighted by molar-refractivity contribution is -0.143. The van der Waals surface area contributed by atoms with Crippen LogP contribution in [0.25, 0.3) is 0 Å². The van der Waals surface area contributed by atoms with Crippen LogP contribution in [-0.4, -0.2) is 35.7 Å². The molecule has 11 heteroatoms. The van der Waals surface area contributed by atoms with Crippen molar-refractivity contribution in [3.8, 4) is 0 Å². The Labute approximate surface area is 131 Å². The van der Waals surface area contributed by atoms with Gasteiger partial charge in [-0.2, -0.15) is 13.2 Å². The Morgan fingerprint density at radius 1 is 1.21 bits per heavy atom. The van der Waals surface area contributed by atoms with E-state index in [2.05, 4.69) is 0 Å². The first-order chi connectivity index (χ1) is 11.0. The average Bonchev–Trinajstić information content (AvgIpc) is 2.46. The van der Waals surface area contributed by atoms with Crippen LogP contribution < -0.4 is 10.6 Å². The van der Waals surface area contributed by atoms with E-state index in [-0.39, 0.29) is 6.07 Å². The summed E-state index contributed by atoms with van der Waals surface area (Å²) >= 11 is 0. The number of rotatable bonds is 6. The van der Waals surface area contributed by atoms with E-state index in [1.807, 2.05) is 0 Å². The third kappa shape index (κ3) is 4.52. The Morgan fingerprint density at radius 3 is 2.25 bits per heavy atom. The van der Waals surface area contributed by atoms with Gasteiger partial charge in [0.2, 0.25) is 0 Å². The van der Waals surface area contributed by atoms with Crippen molar-refractivity contribution >= 4 is 17.6 Å². The molecule has 0 aromatic heterocycles. The Morgan fingerprint density at radius 2 is 1.79 bits per heavy atom. The fourth-order valence-corrected chi connectivity index (χ4v) is 1.76. The van der Waals surface area contributed by atoms with Crippen molar-refractivity contribution in [3.05, 3.63) is 29.1 Å². The van der Waals surface area contributed by atoms with E-state index >= 15 is 0 Å². The van der Waals surface area contributed by atoms with Gasteiger partial charge in [-0.15, -0.1) is 0 Å². The lowest BCUT2D eigenvalue weighted by Crippen LogP contribution is -2.36. The van der Waals surface area contributed by atoms with E-state index in [9.17, 15) is 35.9 Å². The number of carboxylic acid groups (broad SMARTS) is 1. The van der Waals surface area contributed by atoms with Gasteiger partial charge in [-0.3, -0.25) is 9.59 Å². The van der Waals surface area contributed by atoms with Gasteiger partial charge < -0.3 is 15.7 Å². The van der Waals surface area contributed by atoms with E-state index < -0.39 is 65.8 Å². The molecule has 3 N–H and O–H groups in total. The molecular weight excluding hydrogens is 346 g/mol. The molecule has 1 unspecified atom stereocenters. The van der Waals surface area contributed by atoms with Crippen molar-refractivity contribution in [2.75, 3.05) is 11.9 Å². The van der Waals surface area contributed by atoms with Crippen molar-refractivity contribution in [3.63, 3.8) is 0 Å². The second-order valence-corrected chi connectivity index (χ2v) is 4.63. The van der Waals surface area contributed by atoms with Crippen LogP contribution in [0.4, 0.5) is 32.0 Å². The minimum Gasteiger partial charge on any atom is -0.480 e. The number of carboxylic acids is 1. The standard InChI is InChI=1S/C13H12F6N2O3/c1-2-7(13(17,18)19)21-6-3-5(14)9(11(16)10(6)15)12(24)20-4-8(22)23/h3,7,21H,2,4H2,1H3,(H,20,24)(H,22,23). The Bertz CT molecular complexity index is 648. The molecule has 0 bridgehead atoms. The molecular formula is C13H12F6N2O3. The number of alkyl halides is 3. The van der Waals surface area contributed by atoms with Gasteiger partial charge in [0, 0.05) is 6.07 Å². The van der Waals surface area contributed by atoms with Gasteiger partial charge in [-0.25, -0.2) is 13.2 Å². The van der Waals surface area contributed by atoms with Gasteiger partial charge in [0.15, 0.2) is 11.6 Å². The number of carbonyl (C=O) groups is 2. The molecule has 0 saturated carbocycles. The molecule has 1 rings (SSSR count). The first kappa shape index (κ1) is 19.6. The summed E-state index contributed by atoms with van der Waals surface area (Å²) in [7, 11) is 0. The number of halogens is 6. The lowest BCUT2D eigenvalue weighted by atomic mass is 10.1. The number of carbonyl (C=O) groups excluding carboxylic acids is 1. The predicted octanol–water partition coefficient (Wildman–Crippen LogP) is 2.67. The Kier molecular flexibility index (Phi) is 6.04. The lowest BCUT2D eigenvalue weighted by Gasteiger charge is -2.22. The molecule has 0 aliphatic rings. The number of aliphatic carboxylic acids is 1. The van der Waals surface area contributed by atoms with Gasteiger partial charge in [0.1, 0.15) is 24.0 Å². The largest absolute Gasteiger partial charge is 0.480 e. The molecule has 134 valence electrons. The summed E-state index contributed by atoms with van der Waals surface area (Å²) in [6.45, 7) is 0.148. The fourth-order valence-electron chi connectivity index (χ4n) is 1.76. The maximum absolute atomic E-state index is 13.8. The third-order valence-corrected chi connectivity index (χ3v) is 2.92. The molecule has 0 saturated heterocycles. The molecule has 0 aliphatic heterocycles. The average molecular weight is 358 g/mol. The van der Waals surface area contributed by atoms with Gasteiger partial charge in [-0.1, -0.05) is 6.92 Å². The van der Waals surface area contributed by atoms with Crippen LogP contribution >= 0.6 is 0 Å². The van der Waals surface area contributed by atoms with E-state index in [0.717, 1.165) is 6.92 Å². The van der Waals surface area contributed by atoms with Crippen molar-refractivity contribution in [1.82, 2.24) is 5.32 Å². The highest BCUT2D eigenvalue weighted by molar-refractivity contribution is 5.96. The fraction of sp³-hybridized carbons (Fsp3) is 0.385. The summed E-state index contributed by atoms with van der Waals surface area (Å²) in [5, 5.41) is 11.6. The molecule has 1 amide bonds. The highest BCUT2D eigenvalue weighted by atomic mass is 19.4. The highest BCUT2D eigenvalue weighted by Gasteiger charge is 2.39. The number of amides is 1. The van der Waals surface area contributed by atoms with Crippen molar-refractivity contribution in [2.45, 2.75) is 25.6 Å². The van der Waals surface area contributed by atoms with Crippen LogP contribution in [0.1, 0.15) is 23.7 Å². The van der Waals surface area contributed by atoms with Crippen molar-refractivity contribution in [2.24, 2.45) is 0 Å². The molecule has 1 aromatic carbocycles. The number of hydrogen-bond acceptors (Lipinski definition) is 3. The molecule has 0 aliphatic carbocycles. The summed E-state index contributed by atoms with van der Waals surface area (Å²) in [6, 6.07) is -2.06. The van der Waals surface area contributed by atoms with E-state index in [0.29, 0.717) is 0 Å². The normalized spacial score (nSPS) is 12.6. The summed E-state index contributed by atoms with van der Waals surface area (Å²) in [5.41, 5.74) is -2.54. The SMILES string of the molecule is CCC(Nc1cc(F)c(C(=O)NCC(=O)O)c(F)c1F)C(F)(F)F. The first-order valence-electron chi connectivity index (χ1n) is 6.49. The monoisotopic (exact) mass is 358 g/mol. The zero-order chi connectivity index (χ0) is 18.7. The molecule has 5 nitrogen and oxygen atoms in total. The number of benzene rings is 1. The van der Waals surface area contributed by atoms with E-state index in [1.165, 1.54) is 0 Å². The van der Waals surface area contributed by atoms with Gasteiger partial charge >= 0.3 is 12.1 Å². The second-order valence-electron chi connectivity index (χ2n) is 4.63. The van der Waals surface area contributed by atoms with Crippen LogP contribution in [0, 0.1) is 17.5 Å². The molecule has 0 radical (unpaired) electrons. The quantitative estimate of drug-likeness (QED) is 0.540. The van der Waals surface area contributed by atoms with Crippen LogP contribution in [0.3, 0.4) is 0 Å². The zero-order valence-corrected chi connectivity index (χ0v) is 12.1. The molecule has 0 heterocycles. The predicted molar refractivity (Wildman–Crippen MR) is 70.0 cm³/mol. The smallest absolute Gasteiger partial charge is 0.408 e. The van der Waals surface area contributed by atoms with Crippen LogP contribution in [0.15, 0.2) is 6.07 Å². The number of hydrogen-bond donors (Lipinski definition) is 3. The summed E-state index contributed by atoms with van der Waals surface area (Å²) in [6.07, 6.45) is -5.32. The zero-order valence-electron chi connectivity index (χ0n) is 12.1. The summed E-state index contributed by atoms with van der Waals surface area (Å²) in [5.74, 6) is -8.63. The second kappa shape index (κ2) is 7.41.